The van der Waals surface area contributed by atoms with E-state index in [1.807, 2.05) is 16.7 Å². The molecule has 2 heteroatoms. The van der Waals surface area contributed by atoms with E-state index in [1.54, 1.807) is 0 Å². The lowest BCUT2D eigenvalue weighted by Crippen LogP contribution is -2.35. The quantitative estimate of drug-likeness (QED) is 0.442. The molecule has 0 radical (unpaired) electrons. The van der Waals surface area contributed by atoms with Crippen molar-refractivity contribution < 1.29 is 5.94 Å². The summed E-state index contributed by atoms with van der Waals surface area (Å²) in [6.07, 6.45) is 4.76. The summed E-state index contributed by atoms with van der Waals surface area (Å²) >= 11 is 0. The Hall–Kier alpha value is -3.39. The van der Waals surface area contributed by atoms with Crippen LogP contribution in [-0.2, 0) is 5.41 Å². The number of fused-ring (bicyclic) bond motifs is 1. The number of para-hydroxylation sites is 1. The van der Waals surface area contributed by atoms with Crippen LogP contribution in [0.15, 0.2) is 97.3 Å². The average Bonchev–Trinajstić information content (AvgIpc) is 3.28. The number of hydrogen-bond donors (Lipinski definition) is 0. The third-order valence-corrected chi connectivity index (χ3v) is 5.79. The van der Waals surface area contributed by atoms with Gasteiger partial charge in [-0.15, -0.1) is 0 Å². The fraction of sp³-hybridized carbons (Fsp3) is 0.115. The molecule has 0 spiro atoms. The minimum absolute atomic E-state index is 0.420. The maximum Gasteiger partial charge on any atom is 0.254 e. The molecule has 136 valence electrons. The van der Waals surface area contributed by atoms with Gasteiger partial charge in [0.05, 0.1) is 6.20 Å². The van der Waals surface area contributed by atoms with Gasteiger partial charge in [0.2, 0.25) is 0 Å². The molecule has 0 atom stereocenters. The smallest absolute Gasteiger partial charge is 0.204 e. The van der Waals surface area contributed by atoms with Gasteiger partial charge in [0.15, 0.2) is 12.8 Å². The largest absolute Gasteiger partial charge is 0.254 e. The van der Waals surface area contributed by atoms with E-state index < -0.39 is 5.41 Å². The molecule has 1 aliphatic rings. The summed E-state index contributed by atoms with van der Waals surface area (Å²) in [5.41, 5.74) is 6.42. The summed E-state index contributed by atoms with van der Waals surface area (Å²) in [4.78, 5) is 0. The van der Waals surface area contributed by atoms with Crippen LogP contribution in [0.3, 0.4) is 0 Å². The lowest BCUT2D eigenvalue weighted by atomic mass is 9.72. The van der Waals surface area contributed by atoms with Crippen molar-refractivity contribution in [3.05, 3.63) is 125 Å². The highest BCUT2D eigenvalue weighted by atomic mass is 15.2. The number of allylic oxidation sites excluding steroid dienone is 1. The third kappa shape index (κ3) is 2.31. The van der Waals surface area contributed by atoms with Gasteiger partial charge in [-0.3, -0.25) is 0 Å². The highest BCUT2D eigenvalue weighted by Gasteiger charge is 2.46. The zero-order valence-corrected chi connectivity index (χ0v) is 16.1. The SMILES string of the molecule is [2H]c1n2c(c(C)[n+]1-c1ccccc1C)C(c1ccccc1)(c1ccccc1)C=C2. The van der Waals surface area contributed by atoms with E-state index in [0.717, 1.165) is 22.6 Å². The van der Waals surface area contributed by atoms with E-state index in [2.05, 4.69) is 103 Å². The Morgan fingerprint density at radius 2 is 1.36 bits per heavy atom. The van der Waals surface area contributed by atoms with Crippen molar-refractivity contribution in [2.45, 2.75) is 19.3 Å². The molecule has 0 unspecified atom stereocenters. The minimum atomic E-state index is -0.420. The number of rotatable bonds is 3. The Morgan fingerprint density at radius 1 is 0.786 bits per heavy atom. The predicted molar refractivity (Wildman–Crippen MR) is 114 cm³/mol. The fourth-order valence-corrected chi connectivity index (χ4v) is 4.44. The van der Waals surface area contributed by atoms with Crippen LogP contribution in [-0.4, -0.2) is 4.57 Å². The normalized spacial score (nSPS) is 14.7. The van der Waals surface area contributed by atoms with Crippen molar-refractivity contribution in [2.75, 3.05) is 0 Å². The summed E-state index contributed by atoms with van der Waals surface area (Å²) in [6, 6.07) is 29.5. The van der Waals surface area contributed by atoms with E-state index in [-0.39, 0.29) is 0 Å². The standard InChI is InChI=1S/C26H23N2/c1-20-11-9-10-16-24(20)28-19-27-18-17-26(25(27)21(28)2,22-12-5-3-6-13-22)23-14-7-4-8-15-23/h3-19H,1-2H3/q+1/i19D. The first-order valence-corrected chi connectivity index (χ1v) is 9.65. The van der Waals surface area contributed by atoms with E-state index in [9.17, 15) is 0 Å². The predicted octanol–water partition coefficient (Wildman–Crippen LogP) is 5.20. The van der Waals surface area contributed by atoms with Gasteiger partial charge in [-0.05, 0) is 35.8 Å². The summed E-state index contributed by atoms with van der Waals surface area (Å²) in [6.45, 7) is 4.23. The van der Waals surface area contributed by atoms with Gasteiger partial charge in [-0.25, -0.2) is 4.57 Å². The molecule has 0 saturated heterocycles. The Morgan fingerprint density at radius 3 is 1.96 bits per heavy atom. The molecule has 0 bridgehead atoms. The van der Waals surface area contributed by atoms with Crippen LogP contribution in [0.5, 0.6) is 0 Å². The van der Waals surface area contributed by atoms with Gasteiger partial charge in [0, 0.05) is 6.92 Å². The molecule has 0 N–H and O–H groups in total. The number of hydrogen-bond acceptors (Lipinski definition) is 0. The molecule has 0 aliphatic carbocycles. The molecule has 1 aromatic heterocycles. The van der Waals surface area contributed by atoms with Crippen molar-refractivity contribution in [3.8, 4) is 5.69 Å². The highest BCUT2D eigenvalue weighted by molar-refractivity contribution is 5.62. The summed E-state index contributed by atoms with van der Waals surface area (Å²) < 4.78 is 13.1. The molecule has 4 aromatic rings. The monoisotopic (exact) mass is 364 g/mol. The van der Waals surface area contributed by atoms with Gasteiger partial charge in [0.25, 0.3) is 6.30 Å². The Balaban J connectivity index is 1.85. The molecule has 0 saturated carbocycles. The van der Waals surface area contributed by atoms with Gasteiger partial charge < -0.3 is 0 Å². The Kier molecular flexibility index (Phi) is 3.55. The van der Waals surface area contributed by atoms with Crippen LogP contribution >= 0.6 is 0 Å². The van der Waals surface area contributed by atoms with Gasteiger partial charge in [-0.2, -0.15) is 4.57 Å². The molecule has 0 amide bonds. The first-order valence-electron chi connectivity index (χ1n) is 10.1. The second kappa shape index (κ2) is 6.35. The van der Waals surface area contributed by atoms with Crippen LogP contribution in [0.25, 0.3) is 11.9 Å². The fourth-order valence-electron chi connectivity index (χ4n) is 4.44. The molecule has 28 heavy (non-hydrogen) atoms. The van der Waals surface area contributed by atoms with Gasteiger partial charge in [0.1, 0.15) is 11.1 Å². The maximum atomic E-state index is 8.96. The lowest BCUT2D eigenvalue weighted by molar-refractivity contribution is -0.602. The number of imidazole rings is 1. The molecule has 3 aromatic carbocycles. The van der Waals surface area contributed by atoms with Crippen LogP contribution in [0.2, 0.25) is 0 Å². The van der Waals surface area contributed by atoms with Crippen molar-refractivity contribution in [2.24, 2.45) is 0 Å². The lowest BCUT2D eigenvalue weighted by Gasteiger charge is -2.27. The first kappa shape index (κ1) is 15.6. The first-order chi connectivity index (χ1) is 14.1. The third-order valence-electron chi connectivity index (χ3n) is 5.79. The average molecular weight is 364 g/mol. The number of aryl methyl sites for hydroxylation is 1. The molecule has 2 nitrogen and oxygen atoms in total. The maximum absolute atomic E-state index is 8.96. The molecule has 5 rings (SSSR count). The van der Waals surface area contributed by atoms with Crippen molar-refractivity contribution in [1.29, 1.82) is 0 Å². The highest BCUT2D eigenvalue weighted by Crippen LogP contribution is 2.45. The molecular weight excluding hydrogens is 340 g/mol. The second-order valence-electron chi connectivity index (χ2n) is 7.38. The number of benzene rings is 3. The van der Waals surface area contributed by atoms with Gasteiger partial charge >= 0.3 is 0 Å². The zero-order chi connectivity index (χ0) is 20.0. The van der Waals surface area contributed by atoms with E-state index in [4.69, 9.17) is 1.37 Å². The van der Waals surface area contributed by atoms with E-state index >= 15 is 0 Å². The molecule has 0 fully saturated rings. The zero-order valence-electron chi connectivity index (χ0n) is 17.1. The number of nitrogens with zero attached hydrogens (tertiary/aromatic N) is 2. The Labute approximate surface area is 167 Å². The van der Waals surface area contributed by atoms with Crippen LogP contribution < -0.4 is 4.57 Å². The number of aromatic nitrogens is 2. The Bertz CT molecular complexity index is 1180. The second-order valence-corrected chi connectivity index (χ2v) is 7.38. The topological polar surface area (TPSA) is 8.81 Å². The summed E-state index contributed by atoms with van der Waals surface area (Å²) in [7, 11) is 0. The minimum Gasteiger partial charge on any atom is -0.204 e. The molecule has 2 heterocycles. The van der Waals surface area contributed by atoms with E-state index in [0.29, 0.717) is 6.30 Å². The molecular formula is C26H23N2+. The summed E-state index contributed by atoms with van der Waals surface area (Å²) in [5.74, 6) is 0. The van der Waals surface area contributed by atoms with Crippen molar-refractivity contribution in [1.82, 2.24) is 4.57 Å². The van der Waals surface area contributed by atoms with Gasteiger partial charge in [-0.1, -0.05) is 78.9 Å². The van der Waals surface area contributed by atoms with E-state index in [1.165, 1.54) is 11.1 Å². The summed E-state index contributed by atoms with van der Waals surface area (Å²) in [5, 5.41) is 0. The van der Waals surface area contributed by atoms with Crippen LogP contribution in [0, 0.1) is 13.8 Å². The molecule has 1 aliphatic heterocycles. The van der Waals surface area contributed by atoms with Crippen LogP contribution in [0.4, 0.5) is 0 Å². The van der Waals surface area contributed by atoms with Crippen molar-refractivity contribution in [3.63, 3.8) is 0 Å². The van der Waals surface area contributed by atoms with Crippen LogP contribution in [0.1, 0.15) is 29.4 Å². The van der Waals surface area contributed by atoms with Crippen molar-refractivity contribution >= 4 is 6.20 Å².